The molecule has 17 heavy (non-hydrogen) atoms. The number of nitrogens with two attached hydrogens (primary N) is 1. The van der Waals surface area contributed by atoms with Gasteiger partial charge in [0.2, 0.25) is 5.88 Å². The molecule has 1 rings (SSSR count). The van der Waals surface area contributed by atoms with E-state index in [2.05, 4.69) is 20.9 Å². The number of ether oxygens (including phenoxy) is 3. The first kappa shape index (κ1) is 14.2. The zero-order valence-electron chi connectivity index (χ0n) is 10.0. The van der Waals surface area contributed by atoms with Gasteiger partial charge in [0.25, 0.3) is 0 Å². The summed E-state index contributed by atoms with van der Waals surface area (Å²) in [5.74, 6) is 0.534. The second-order valence-corrected chi connectivity index (χ2v) is 4.20. The Balaban J connectivity index is 2.35. The van der Waals surface area contributed by atoms with Crippen LogP contribution in [0.25, 0.3) is 0 Å². The molecule has 0 fully saturated rings. The lowest BCUT2D eigenvalue weighted by Crippen LogP contribution is -2.11. The predicted molar refractivity (Wildman–Crippen MR) is 69.3 cm³/mol. The average Bonchev–Trinajstić information content (AvgIpc) is 2.33. The van der Waals surface area contributed by atoms with Crippen molar-refractivity contribution in [1.82, 2.24) is 4.98 Å². The van der Waals surface area contributed by atoms with Crippen molar-refractivity contribution in [1.29, 1.82) is 0 Å². The van der Waals surface area contributed by atoms with E-state index in [0.717, 1.165) is 10.0 Å². The van der Waals surface area contributed by atoms with Gasteiger partial charge in [-0.1, -0.05) is 0 Å². The smallest absolute Gasteiger partial charge is 0.228 e. The molecular formula is C11H17BrN2O3. The fourth-order valence-corrected chi connectivity index (χ4v) is 1.56. The van der Waals surface area contributed by atoms with Crippen molar-refractivity contribution in [3.63, 3.8) is 0 Å². The third-order valence-electron chi connectivity index (χ3n) is 2.17. The van der Waals surface area contributed by atoms with Gasteiger partial charge in [0, 0.05) is 7.11 Å². The molecule has 0 bridgehead atoms. The summed E-state index contributed by atoms with van der Waals surface area (Å²) < 4.78 is 16.4. The molecule has 0 amide bonds. The highest BCUT2D eigenvalue weighted by Gasteiger charge is 2.08. The molecule has 0 aliphatic heterocycles. The first-order valence-electron chi connectivity index (χ1n) is 5.27. The number of rotatable bonds is 7. The van der Waals surface area contributed by atoms with Gasteiger partial charge in [-0.15, -0.1) is 0 Å². The topological polar surface area (TPSA) is 66.6 Å². The normalized spacial score (nSPS) is 10.5. The van der Waals surface area contributed by atoms with Crippen molar-refractivity contribution >= 4 is 21.6 Å². The largest absolute Gasteiger partial charge is 0.474 e. The summed E-state index contributed by atoms with van der Waals surface area (Å²) in [4.78, 5) is 4.10. The Kier molecular flexibility index (Phi) is 6.25. The molecule has 0 atom stereocenters. The molecule has 0 unspecified atom stereocenters. The highest BCUT2D eigenvalue weighted by Crippen LogP contribution is 2.29. The van der Waals surface area contributed by atoms with Gasteiger partial charge in [0.05, 0.1) is 36.2 Å². The maximum atomic E-state index is 5.71. The Labute approximate surface area is 109 Å². The number of hydrogen-bond acceptors (Lipinski definition) is 5. The van der Waals surface area contributed by atoms with Gasteiger partial charge in [0.15, 0.2) is 0 Å². The first-order chi connectivity index (χ1) is 8.16. The molecule has 0 aromatic carbocycles. The van der Waals surface area contributed by atoms with E-state index in [0.29, 0.717) is 38.0 Å². The molecule has 1 aromatic heterocycles. The Morgan fingerprint density at radius 1 is 1.29 bits per heavy atom. The Hall–Kier alpha value is -0.850. The standard InChI is InChI=1S/C11H17BrN2O3/c1-8-9(13)7-14-11(10(8)12)17-6-5-16-4-3-15-2/h7H,3-6,13H2,1-2H3. The van der Waals surface area contributed by atoms with Gasteiger partial charge in [-0.05, 0) is 28.4 Å². The van der Waals surface area contributed by atoms with E-state index in [1.807, 2.05) is 6.92 Å². The van der Waals surface area contributed by atoms with E-state index in [1.165, 1.54) is 0 Å². The minimum absolute atomic E-state index is 0.443. The quantitative estimate of drug-likeness (QED) is 0.778. The Bertz CT molecular complexity index is 361. The van der Waals surface area contributed by atoms with Crippen LogP contribution in [-0.2, 0) is 9.47 Å². The molecule has 96 valence electrons. The van der Waals surface area contributed by atoms with Crippen molar-refractivity contribution in [2.24, 2.45) is 0 Å². The van der Waals surface area contributed by atoms with E-state index >= 15 is 0 Å². The van der Waals surface area contributed by atoms with Crippen LogP contribution in [0.15, 0.2) is 10.7 Å². The van der Waals surface area contributed by atoms with Crippen molar-refractivity contribution in [2.75, 3.05) is 39.3 Å². The monoisotopic (exact) mass is 304 g/mol. The maximum Gasteiger partial charge on any atom is 0.228 e. The molecule has 1 aromatic rings. The summed E-state index contributed by atoms with van der Waals surface area (Å²) in [5, 5.41) is 0. The van der Waals surface area contributed by atoms with Crippen LogP contribution < -0.4 is 10.5 Å². The summed E-state index contributed by atoms with van der Waals surface area (Å²) in [6, 6.07) is 0. The van der Waals surface area contributed by atoms with Gasteiger partial charge >= 0.3 is 0 Å². The van der Waals surface area contributed by atoms with Gasteiger partial charge in [-0.25, -0.2) is 4.98 Å². The second kappa shape index (κ2) is 7.47. The molecular weight excluding hydrogens is 288 g/mol. The number of nitrogen functional groups attached to an aromatic ring is 1. The number of aromatic nitrogens is 1. The molecule has 0 saturated heterocycles. The van der Waals surface area contributed by atoms with Crippen LogP contribution in [0, 0.1) is 6.92 Å². The van der Waals surface area contributed by atoms with Gasteiger partial charge in [-0.2, -0.15) is 0 Å². The van der Waals surface area contributed by atoms with Crippen LogP contribution >= 0.6 is 15.9 Å². The van der Waals surface area contributed by atoms with Crippen molar-refractivity contribution in [2.45, 2.75) is 6.92 Å². The van der Waals surface area contributed by atoms with E-state index in [1.54, 1.807) is 13.3 Å². The predicted octanol–water partition coefficient (Wildman–Crippen LogP) is 1.78. The van der Waals surface area contributed by atoms with Gasteiger partial charge < -0.3 is 19.9 Å². The van der Waals surface area contributed by atoms with Crippen LogP contribution in [0.2, 0.25) is 0 Å². The molecule has 0 spiro atoms. The highest BCUT2D eigenvalue weighted by molar-refractivity contribution is 9.10. The number of anilines is 1. The molecule has 6 heteroatoms. The number of methoxy groups -OCH3 is 1. The summed E-state index contributed by atoms with van der Waals surface area (Å²) in [6.07, 6.45) is 1.58. The average molecular weight is 305 g/mol. The van der Waals surface area contributed by atoms with Crippen molar-refractivity contribution < 1.29 is 14.2 Å². The minimum Gasteiger partial charge on any atom is -0.474 e. The zero-order chi connectivity index (χ0) is 12.7. The van der Waals surface area contributed by atoms with E-state index in [4.69, 9.17) is 19.9 Å². The number of nitrogens with zero attached hydrogens (tertiary/aromatic N) is 1. The second-order valence-electron chi connectivity index (χ2n) is 3.41. The summed E-state index contributed by atoms with van der Waals surface area (Å²) >= 11 is 3.40. The Morgan fingerprint density at radius 3 is 2.71 bits per heavy atom. The van der Waals surface area contributed by atoms with Crippen LogP contribution in [0.1, 0.15) is 5.56 Å². The molecule has 2 N–H and O–H groups in total. The number of halogens is 1. The van der Waals surface area contributed by atoms with Crippen LogP contribution in [-0.4, -0.2) is 38.5 Å². The molecule has 5 nitrogen and oxygen atoms in total. The molecule has 0 saturated carbocycles. The molecule has 0 aliphatic carbocycles. The summed E-state index contributed by atoms with van der Waals surface area (Å²) in [5.41, 5.74) is 7.28. The minimum atomic E-state index is 0.443. The lowest BCUT2D eigenvalue weighted by molar-refractivity contribution is 0.0535. The molecule has 1 heterocycles. The summed E-state index contributed by atoms with van der Waals surface area (Å²) in [7, 11) is 1.64. The first-order valence-corrected chi connectivity index (χ1v) is 6.06. The fourth-order valence-electron chi connectivity index (χ4n) is 1.11. The third-order valence-corrected chi connectivity index (χ3v) is 3.10. The highest BCUT2D eigenvalue weighted by atomic mass is 79.9. The van der Waals surface area contributed by atoms with Crippen LogP contribution in [0.5, 0.6) is 5.88 Å². The van der Waals surface area contributed by atoms with Crippen LogP contribution in [0.3, 0.4) is 0 Å². The number of pyridine rings is 1. The van der Waals surface area contributed by atoms with Gasteiger partial charge in [0.1, 0.15) is 6.61 Å². The molecule has 0 aliphatic rings. The summed E-state index contributed by atoms with van der Waals surface area (Å²) in [6.45, 7) is 4.00. The van der Waals surface area contributed by atoms with Crippen molar-refractivity contribution in [3.05, 3.63) is 16.2 Å². The lowest BCUT2D eigenvalue weighted by atomic mass is 10.2. The maximum absolute atomic E-state index is 5.71. The van der Waals surface area contributed by atoms with E-state index in [-0.39, 0.29) is 0 Å². The lowest BCUT2D eigenvalue weighted by Gasteiger charge is -2.10. The van der Waals surface area contributed by atoms with Crippen LogP contribution in [0.4, 0.5) is 5.69 Å². The number of hydrogen-bond donors (Lipinski definition) is 1. The zero-order valence-corrected chi connectivity index (χ0v) is 11.6. The van der Waals surface area contributed by atoms with E-state index in [9.17, 15) is 0 Å². The van der Waals surface area contributed by atoms with Gasteiger partial charge in [-0.3, -0.25) is 0 Å². The fraction of sp³-hybridized carbons (Fsp3) is 0.545. The van der Waals surface area contributed by atoms with E-state index < -0.39 is 0 Å². The molecule has 0 radical (unpaired) electrons. The Morgan fingerprint density at radius 2 is 2.00 bits per heavy atom. The third kappa shape index (κ3) is 4.49. The van der Waals surface area contributed by atoms with Crippen molar-refractivity contribution in [3.8, 4) is 5.88 Å². The SMILES string of the molecule is COCCOCCOc1ncc(N)c(C)c1Br.